The van der Waals surface area contributed by atoms with Crippen LogP contribution in [0.5, 0.6) is 5.75 Å². The van der Waals surface area contributed by atoms with E-state index in [1.54, 1.807) is 25.4 Å². The zero-order valence-electron chi connectivity index (χ0n) is 24.1. The average molecular weight is 563 g/mol. The molecule has 0 fully saturated rings. The second kappa shape index (κ2) is 16.5. The number of hydrogen-bond acceptors (Lipinski definition) is 5. The van der Waals surface area contributed by atoms with E-state index in [1.165, 1.54) is 11.1 Å². The van der Waals surface area contributed by atoms with Crippen LogP contribution in [0.25, 0.3) is 6.08 Å². The lowest BCUT2D eigenvalue weighted by molar-refractivity contribution is -0.145. The zero-order chi connectivity index (χ0) is 29.4. The minimum atomic E-state index is -0.388. The highest BCUT2D eigenvalue weighted by molar-refractivity contribution is 5.91. The molecule has 0 aliphatic rings. The van der Waals surface area contributed by atoms with Gasteiger partial charge in [-0.2, -0.15) is 0 Å². The smallest absolute Gasteiger partial charge is 0.344 e. The first-order valence-corrected chi connectivity index (χ1v) is 14.5. The molecule has 0 bridgehead atoms. The van der Waals surface area contributed by atoms with Gasteiger partial charge in [-0.05, 0) is 78.8 Å². The number of aromatic nitrogens is 1. The van der Waals surface area contributed by atoms with E-state index in [0.29, 0.717) is 25.4 Å². The molecule has 0 atom stereocenters. The van der Waals surface area contributed by atoms with Gasteiger partial charge in [-0.15, -0.1) is 0 Å². The minimum Gasteiger partial charge on any atom is -0.482 e. The van der Waals surface area contributed by atoms with Gasteiger partial charge in [-0.3, -0.25) is 9.78 Å². The summed E-state index contributed by atoms with van der Waals surface area (Å²) in [4.78, 5) is 31.1. The van der Waals surface area contributed by atoms with Gasteiger partial charge in [0.1, 0.15) is 5.75 Å². The van der Waals surface area contributed by atoms with Crippen molar-refractivity contribution in [1.82, 2.24) is 9.88 Å². The Bertz CT molecular complexity index is 1370. The van der Waals surface area contributed by atoms with Crippen molar-refractivity contribution < 1.29 is 19.1 Å². The SMILES string of the molecule is CCOC(=O)COc1cccc(CCCN(CCC(c2ccccc2)c2ccccc2)C(=O)C=Cc2ccncc2)c1. The number of rotatable bonds is 15. The van der Waals surface area contributed by atoms with Gasteiger partial charge in [-0.1, -0.05) is 72.8 Å². The summed E-state index contributed by atoms with van der Waals surface area (Å²) in [7, 11) is 0. The Morgan fingerprint density at radius 2 is 1.55 bits per heavy atom. The van der Waals surface area contributed by atoms with Crippen molar-refractivity contribution in [1.29, 1.82) is 0 Å². The summed E-state index contributed by atoms with van der Waals surface area (Å²) in [6.45, 7) is 3.21. The maximum Gasteiger partial charge on any atom is 0.344 e. The first-order chi connectivity index (χ1) is 20.6. The summed E-state index contributed by atoms with van der Waals surface area (Å²) in [5.41, 5.74) is 4.50. The molecule has 4 aromatic rings. The number of nitrogens with zero attached hydrogens (tertiary/aromatic N) is 2. The van der Waals surface area contributed by atoms with Crippen LogP contribution in [-0.2, 0) is 20.7 Å². The van der Waals surface area contributed by atoms with E-state index in [-0.39, 0.29) is 24.4 Å². The molecule has 216 valence electrons. The number of pyridine rings is 1. The van der Waals surface area contributed by atoms with Gasteiger partial charge < -0.3 is 14.4 Å². The highest BCUT2D eigenvalue weighted by atomic mass is 16.6. The molecule has 0 N–H and O–H groups in total. The van der Waals surface area contributed by atoms with Crippen LogP contribution in [0, 0.1) is 0 Å². The van der Waals surface area contributed by atoms with Crippen molar-refractivity contribution in [2.24, 2.45) is 0 Å². The fourth-order valence-electron chi connectivity index (χ4n) is 4.87. The molecule has 1 aromatic heterocycles. The molecular weight excluding hydrogens is 524 g/mol. The molecule has 0 unspecified atom stereocenters. The Labute approximate surface area is 248 Å². The average Bonchev–Trinajstić information content (AvgIpc) is 3.04. The quantitative estimate of drug-likeness (QED) is 0.119. The first kappa shape index (κ1) is 30.3. The molecule has 6 nitrogen and oxygen atoms in total. The highest BCUT2D eigenvalue weighted by Gasteiger charge is 2.18. The van der Waals surface area contributed by atoms with Crippen LogP contribution in [0.2, 0.25) is 0 Å². The number of carbonyl (C=O) groups is 2. The van der Waals surface area contributed by atoms with Crippen molar-refractivity contribution >= 4 is 18.0 Å². The monoisotopic (exact) mass is 562 g/mol. The van der Waals surface area contributed by atoms with E-state index < -0.39 is 0 Å². The summed E-state index contributed by atoms with van der Waals surface area (Å²) in [5, 5.41) is 0. The van der Waals surface area contributed by atoms with Crippen LogP contribution in [-0.4, -0.2) is 48.1 Å². The van der Waals surface area contributed by atoms with Gasteiger partial charge in [0, 0.05) is 37.5 Å². The highest BCUT2D eigenvalue weighted by Crippen LogP contribution is 2.28. The Balaban J connectivity index is 1.44. The van der Waals surface area contributed by atoms with E-state index in [9.17, 15) is 9.59 Å². The molecule has 0 aliphatic heterocycles. The number of aryl methyl sites for hydroxylation is 1. The normalized spacial score (nSPS) is 11.0. The Morgan fingerprint density at radius 3 is 2.21 bits per heavy atom. The molecule has 1 amide bonds. The lowest BCUT2D eigenvalue weighted by Crippen LogP contribution is -2.32. The zero-order valence-corrected chi connectivity index (χ0v) is 24.1. The molecule has 0 radical (unpaired) electrons. The molecular formula is C36H38N2O4. The van der Waals surface area contributed by atoms with Crippen molar-refractivity contribution in [2.45, 2.75) is 32.1 Å². The summed E-state index contributed by atoms with van der Waals surface area (Å²) >= 11 is 0. The second-order valence-corrected chi connectivity index (χ2v) is 9.95. The molecule has 4 rings (SSSR count). The third-order valence-electron chi connectivity index (χ3n) is 6.98. The number of hydrogen-bond donors (Lipinski definition) is 0. The van der Waals surface area contributed by atoms with Gasteiger partial charge in [0.15, 0.2) is 6.61 Å². The van der Waals surface area contributed by atoms with Crippen molar-refractivity contribution in [2.75, 3.05) is 26.3 Å². The van der Waals surface area contributed by atoms with E-state index in [1.807, 2.05) is 59.5 Å². The topological polar surface area (TPSA) is 68.7 Å². The third-order valence-corrected chi connectivity index (χ3v) is 6.98. The van der Waals surface area contributed by atoms with E-state index in [4.69, 9.17) is 9.47 Å². The van der Waals surface area contributed by atoms with Crippen LogP contribution in [0.3, 0.4) is 0 Å². The summed E-state index contributed by atoms with van der Waals surface area (Å²) in [6.07, 6.45) is 9.30. The number of amides is 1. The molecule has 6 heteroatoms. The number of carbonyl (C=O) groups excluding carboxylic acids is 2. The predicted molar refractivity (Wildman–Crippen MR) is 166 cm³/mol. The summed E-state index contributed by atoms with van der Waals surface area (Å²) in [6, 6.07) is 32.4. The maximum atomic E-state index is 13.5. The first-order valence-electron chi connectivity index (χ1n) is 14.5. The van der Waals surface area contributed by atoms with E-state index in [2.05, 4.69) is 53.5 Å². The Kier molecular flexibility index (Phi) is 11.9. The van der Waals surface area contributed by atoms with Crippen LogP contribution in [0.15, 0.2) is 116 Å². The number of benzene rings is 3. The van der Waals surface area contributed by atoms with Gasteiger partial charge in [0.05, 0.1) is 6.61 Å². The van der Waals surface area contributed by atoms with Crippen LogP contribution in [0.1, 0.15) is 47.9 Å². The van der Waals surface area contributed by atoms with E-state index in [0.717, 1.165) is 30.4 Å². The van der Waals surface area contributed by atoms with Crippen molar-refractivity contribution in [3.8, 4) is 5.75 Å². The van der Waals surface area contributed by atoms with Gasteiger partial charge in [-0.25, -0.2) is 4.79 Å². The van der Waals surface area contributed by atoms with Crippen LogP contribution >= 0.6 is 0 Å². The fourth-order valence-corrected chi connectivity index (χ4v) is 4.87. The second-order valence-electron chi connectivity index (χ2n) is 9.95. The lowest BCUT2D eigenvalue weighted by atomic mass is 9.88. The van der Waals surface area contributed by atoms with Gasteiger partial charge in [0.25, 0.3) is 0 Å². The molecule has 42 heavy (non-hydrogen) atoms. The third kappa shape index (κ3) is 9.73. The molecule has 0 saturated heterocycles. The molecule has 0 aliphatic carbocycles. The van der Waals surface area contributed by atoms with Crippen LogP contribution in [0.4, 0.5) is 0 Å². The minimum absolute atomic E-state index is 0.0155. The van der Waals surface area contributed by atoms with E-state index >= 15 is 0 Å². The van der Waals surface area contributed by atoms with Crippen LogP contribution < -0.4 is 4.74 Å². The summed E-state index contributed by atoms with van der Waals surface area (Å²) < 4.78 is 10.5. The Hall–Kier alpha value is -4.71. The van der Waals surface area contributed by atoms with Gasteiger partial charge >= 0.3 is 5.97 Å². The van der Waals surface area contributed by atoms with Crippen molar-refractivity contribution in [3.63, 3.8) is 0 Å². The molecule has 0 saturated carbocycles. The summed E-state index contributed by atoms with van der Waals surface area (Å²) in [5.74, 6) is 0.404. The lowest BCUT2D eigenvalue weighted by Gasteiger charge is -2.25. The van der Waals surface area contributed by atoms with Gasteiger partial charge in [0.2, 0.25) is 5.91 Å². The molecule has 1 heterocycles. The standard InChI is InChI=1S/C36H38N2O4/c1-2-41-36(40)28-42-33-17-9-11-30(27-33)12-10-25-38(35(39)19-18-29-20-23-37-24-21-29)26-22-34(31-13-5-3-6-14-31)32-15-7-4-8-16-32/h3-9,11,13-21,23-24,27,34H,2,10,12,22,25-26,28H2,1H3. The molecule has 3 aromatic carbocycles. The Morgan fingerprint density at radius 1 is 0.857 bits per heavy atom. The maximum absolute atomic E-state index is 13.5. The predicted octanol–water partition coefficient (Wildman–Crippen LogP) is 6.72. The van der Waals surface area contributed by atoms with Crippen molar-refractivity contribution in [3.05, 3.63) is 138 Å². The molecule has 0 spiro atoms. The largest absolute Gasteiger partial charge is 0.482 e. The fraction of sp³-hybridized carbons (Fsp3) is 0.250. The number of esters is 1. The number of ether oxygens (including phenoxy) is 2.